The van der Waals surface area contributed by atoms with Crippen LogP contribution in [0.5, 0.6) is 0 Å². The summed E-state index contributed by atoms with van der Waals surface area (Å²) in [7, 11) is 2.11. The molecule has 0 aliphatic carbocycles. The fourth-order valence-corrected chi connectivity index (χ4v) is 3.79. The summed E-state index contributed by atoms with van der Waals surface area (Å²) in [5, 5.41) is 3.47. The van der Waals surface area contributed by atoms with Crippen molar-refractivity contribution in [1.82, 2.24) is 10.2 Å². The average molecular weight is 244 g/mol. The number of benzene rings is 1. The van der Waals surface area contributed by atoms with Crippen molar-refractivity contribution in [2.45, 2.75) is 57.3 Å². The third-order valence-corrected chi connectivity index (χ3v) is 4.74. The molecule has 2 heterocycles. The van der Waals surface area contributed by atoms with E-state index in [1.165, 1.54) is 36.8 Å². The van der Waals surface area contributed by atoms with Gasteiger partial charge in [-0.05, 0) is 45.2 Å². The fourth-order valence-electron chi connectivity index (χ4n) is 3.79. The maximum Gasteiger partial charge on any atom is 0.0239 e. The van der Waals surface area contributed by atoms with Crippen molar-refractivity contribution in [3.8, 4) is 0 Å². The molecule has 0 amide bonds. The van der Waals surface area contributed by atoms with Crippen molar-refractivity contribution in [2.75, 3.05) is 7.05 Å². The van der Waals surface area contributed by atoms with Crippen LogP contribution in [0.2, 0.25) is 0 Å². The number of nitrogens with one attached hydrogen (secondary N) is 1. The summed E-state index contributed by atoms with van der Waals surface area (Å²) in [6.07, 6.45) is 5.46. The highest BCUT2D eigenvalue weighted by molar-refractivity contribution is 5.22. The van der Waals surface area contributed by atoms with E-state index in [2.05, 4.69) is 48.5 Å². The van der Waals surface area contributed by atoms with Gasteiger partial charge in [-0.2, -0.15) is 0 Å². The molecule has 2 unspecified atom stereocenters. The molecule has 98 valence electrons. The Morgan fingerprint density at radius 1 is 1.22 bits per heavy atom. The first kappa shape index (κ1) is 12.2. The van der Waals surface area contributed by atoms with Crippen molar-refractivity contribution in [3.63, 3.8) is 0 Å². The molecule has 0 saturated carbocycles. The van der Waals surface area contributed by atoms with E-state index in [0.717, 1.165) is 24.7 Å². The summed E-state index contributed by atoms with van der Waals surface area (Å²) in [4.78, 5) is 2.75. The van der Waals surface area contributed by atoms with Crippen LogP contribution in [0.15, 0.2) is 24.3 Å². The second-order valence-corrected chi connectivity index (χ2v) is 6.00. The van der Waals surface area contributed by atoms with Gasteiger partial charge in [-0.15, -0.1) is 0 Å². The molecule has 0 radical (unpaired) electrons. The number of piperidine rings is 1. The minimum atomic E-state index is 0.747. The van der Waals surface area contributed by atoms with Crippen molar-refractivity contribution in [2.24, 2.45) is 0 Å². The zero-order chi connectivity index (χ0) is 12.5. The molecule has 1 aromatic rings. The zero-order valence-corrected chi connectivity index (χ0v) is 11.5. The largest absolute Gasteiger partial charge is 0.317 e. The second kappa shape index (κ2) is 5.02. The number of aryl methyl sites for hydroxylation is 1. The van der Waals surface area contributed by atoms with Crippen LogP contribution in [0.3, 0.4) is 0 Å². The molecule has 0 spiro atoms. The molecule has 18 heavy (non-hydrogen) atoms. The number of fused-ring (bicyclic) bond motifs is 2. The van der Waals surface area contributed by atoms with Crippen LogP contribution < -0.4 is 5.32 Å². The highest BCUT2D eigenvalue weighted by Crippen LogP contribution is 2.36. The van der Waals surface area contributed by atoms with E-state index in [9.17, 15) is 0 Å². The van der Waals surface area contributed by atoms with Crippen LogP contribution in [0.1, 0.15) is 36.8 Å². The van der Waals surface area contributed by atoms with E-state index in [1.807, 2.05) is 0 Å². The predicted molar refractivity (Wildman–Crippen MR) is 75.6 cm³/mol. The highest BCUT2D eigenvalue weighted by atomic mass is 15.2. The van der Waals surface area contributed by atoms with Gasteiger partial charge in [0, 0.05) is 24.7 Å². The van der Waals surface area contributed by atoms with Crippen LogP contribution in [0.4, 0.5) is 0 Å². The molecule has 2 aliphatic heterocycles. The fraction of sp³-hybridized carbons (Fsp3) is 0.625. The van der Waals surface area contributed by atoms with Gasteiger partial charge < -0.3 is 5.32 Å². The average Bonchev–Trinajstić information content (AvgIpc) is 2.62. The first-order chi connectivity index (χ1) is 8.76. The van der Waals surface area contributed by atoms with Gasteiger partial charge in [0.2, 0.25) is 0 Å². The maximum absolute atomic E-state index is 3.47. The summed E-state index contributed by atoms with van der Waals surface area (Å²) in [5.41, 5.74) is 2.86. The number of hydrogen-bond acceptors (Lipinski definition) is 2. The predicted octanol–water partition coefficient (Wildman–Crippen LogP) is 2.71. The van der Waals surface area contributed by atoms with Gasteiger partial charge in [0.05, 0.1) is 0 Å². The lowest BCUT2D eigenvalue weighted by atomic mass is 9.96. The van der Waals surface area contributed by atoms with E-state index in [0.29, 0.717) is 0 Å². The number of rotatable bonds is 3. The van der Waals surface area contributed by atoms with Gasteiger partial charge in [-0.25, -0.2) is 0 Å². The van der Waals surface area contributed by atoms with Crippen LogP contribution in [0, 0.1) is 6.92 Å². The molecule has 2 heteroatoms. The molecule has 0 aromatic heterocycles. The molecule has 2 saturated heterocycles. The summed E-state index contributed by atoms with van der Waals surface area (Å²) < 4.78 is 0. The van der Waals surface area contributed by atoms with Gasteiger partial charge in [0.25, 0.3) is 0 Å². The maximum atomic E-state index is 3.47. The van der Waals surface area contributed by atoms with E-state index in [4.69, 9.17) is 0 Å². The summed E-state index contributed by atoms with van der Waals surface area (Å²) in [5.74, 6) is 0. The third-order valence-electron chi connectivity index (χ3n) is 4.74. The molecule has 1 aromatic carbocycles. The molecule has 1 N–H and O–H groups in total. The minimum Gasteiger partial charge on any atom is -0.317 e. The molecule has 3 rings (SSSR count). The molecule has 2 nitrogen and oxygen atoms in total. The highest BCUT2D eigenvalue weighted by Gasteiger charge is 2.39. The Balaban J connectivity index is 1.71. The van der Waals surface area contributed by atoms with Crippen LogP contribution in [-0.4, -0.2) is 30.1 Å². The van der Waals surface area contributed by atoms with E-state index >= 15 is 0 Å². The Hall–Kier alpha value is -0.860. The van der Waals surface area contributed by atoms with Crippen molar-refractivity contribution in [1.29, 1.82) is 0 Å². The number of hydrogen-bond donors (Lipinski definition) is 1. The van der Waals surface area contributed by atoms with Gasteiger partial charge in [0.1, 0.15) is 0 Å². The Kier molecular flexibility index (Phi) is 3.40. The smallest absolute Gasteiger partial charge is 0.0239 e. The first-order valence-corrected chi connectivity index (χ1v) is 7.25. The Bertz CT molecular complexity index is 401. The molecule has 2 bridgehead atoms. The topological polar surface area (TPSA) is 15.3 Å². The van der Waals surface area contributed by atoms with Crippen molar-refractivity contribution < 1.29 is 0 Å². The Morgan fingerprint density at radius 3 is 2.56 bits per heavy atom. The quantitative estimate of drug-likeness (QED) is 0.879. The van der Waals surface area contributed by atoms with Gasteiger partial charge in [-0.3, -0.25) is 4.90 Å². The Labute approximate surface area is 110 Å². The van der Waals surface area contributed by atoms with Crippen molar-refractivity contribution in [3.05, 3.63) is 35.4 Å². The lowest BCUT2D eigenvalue weighted by molar-refractivity contribution is 0.111. The van der Waals surface area contributed by atoms with Crippen LogP contribution in [-0.2, 0) is 6.54 Å². The summed E-state index contributed by atoms with van der Waals surface area (Å²) >= 11 is 0. The standard InChI is InChI=1S/C16H24N2/c1-12-4-3-5-13(8-12)11-18-15-6-7-16(18)10-14(9-15)17-2/h3-5,8,14-17H,6-7,9-11H2,1-2H3. The van der Waals surface area contributed by atoms with Crippen molar-refractivity contribution >= 4 is 0 Å². The molecular formula is C16H24N2. The zero-order valence-electron chi connectivity index (χ0n) is 11.5. The molecular weight excluding hydrogens is 220 g/mol. The van der Waals surface area contributed by atoms with Crippen LogP contribution >= 0.6 is 0 Å². The summed E-state index contributed by atoms with van der Waals surface area (Å²) in [6, 6.07) is 11.3. The first-order valence-electron chi connectivity index (χ1n) is 7.25. The number of nitrogens with zero attached hydrogens (tertiary/aromatic N) is 1. The Morgan fingerprint density at radius 2 is 1.94 bits per heavy atom. The molecule has 2 fully saturated rings. The normalized spacial score (nSPS) is 31.8. The minimum absolute atomic E-state index is 0.747. The lowest BCUT2D eigenvalue weighted by Crippen LogP contribution is -2.47. The van der Waals surface area contributed by atoms with E-state index < -0.39 is 0 Å². The SMILES string of the molecule is CNC1CC2CCC(C1)N2Cc1cccc(C)c1. The monoisotopic (exact) mass is 244 g/mol. The van der Waals surface area contributed by atoms with E-state index in [-0.39, 0.29) is 0 Å². The van der Waals surface area contributed by atoms with E-state index in [1.54, 1.807) is 0 Å². The van der Waals surface area contributed by atoms with Gasteiger partial charge >= 0.3 is 0 Å². The third kappa shape index (κ3) is 2.32. The second-order valence-electron chi connectivity index (χ2n) is 6.00. The van der Waals surface area contributed by atoms with Gasteiger partial charge in [0.15, 0.2) is 0 Å². The summed E-state index contributed by atoms with van der Waals surface area (Å²) in [6.45, 7) is 3.33. The van der Waals surface area contributed by atoms with Crippen LogP contribution in [0.25, 0.3) is 0 Å². The lowest BCUT2D eigenvalue weighted by Gasteiger charge is -2.39. The van der Waals surface area contributed by atoms with Gasteiger partial charge in [-0.1, -0.05) is 29.8 Å². The molecule has 2 aliphatic rings. The molecule has 2 atom stereocenters.